The van der Waals surface area contributed by atoms with E-state index in [2.05, 4.69) is 5.10 Å². The zero-order valence-corrected chi connectivity index (χ0v) is 6.72. The van der Waals surface area contributed by atoms with Crippen LogP contribution in [-0.4, -0.2) is 44.5 Å². The zero-order chi connectivity index (χ0) is 10.9. The van der Waals surface area contributed by atoms with Gasteiger partial charge < -0.3 is 15.3 Å². The Bertz CT molecular complexity index is 332. The molecule has 0 aromatic heterocycles. The lowest BCUT2D eigenvalue weighted by Gasteiger charge is -2.17. The molecule has 14 heavy (non-hydrogen) atoms. The second-order valence-corrected chi connectivity index (χ2v) is 2.67. The van der Waals surface area contributed by atoms with Crippen molar-refractivity contribution in [3.05, 3.63) is 0 Å². The Kier molecular flexibility index (Phi) is 2.12. The summed E-state index contributed by atoms with van der Waals surface area (Å²) in [6.45, 7) is 0. The Morgan fingerprint density at radius 3 is 1.93 bits per heavy atom. The molecule has 1 rings (SSSR count). The third kappa shape index (κ3) is 1.26. The molecule has 4 N–H and O–H groups in total. The van der Waals surface area contributed by atoms with E-state index >= 15 is 0 Å². The standard InChI is InChI=1S/C6H6N2O6/c9-3(10)2-1-6(4(11)12,5(13)14)8-7-2/h8H,1H2,(H,9,10)(H,11,12)(H,13,14). The average molecular weight is 202 g/mol. The van der Waals surface area contributed by atoms with E-state index in [1.54, 1.807) is 0 Å². The van der Waals surface area contributed by atoms with Crippen LogP contribution < -0.4 is 5.43 Å². The van der Waals surface area contributed by atoms with Crippen molar-refractivity contribution >= 4 is 23.6 Å². The number of nitrogens with zero attached hydrogens (tertiary/aromatic N) is 1. The van der Waals surface area contributed by atoms with Gasteiger partial charge in [0.2, 0.25) is 0 Å². The summed E-state index contributed by atoms with van der Waals surface area (Å²) >= 11 is 0. The molecule has 1 aliphatic rings. The molecule has 0 saturated heterocycles. The van der Waals surface area contributed by atoms with E-state index in [0.29, 0.717) is 0 Å². The number of hydrogen-bond acceptors (Lipinski definition) is 5. The van der Waals surface area contributed by atoms with Gasteiger partial charge in [0.1, 0.15) is 5.71 Å². The lowest BCUT2D eigenvalue weighted by Crippen LogP contribution is -2.54. The summed E-state index contributed by atoms with van der Waals surface area (Å²) in [5, 5.41) is 28.8. The summed E-state index contributed by atoms with van der Waals surface area (Å²) < 4.78 is 0. The monoisotopic (exact) mass is 202 g/mol. The smallest absolute Gasteiger partial charge is 0.352 e. The molecule has 8 nitrogen and oxygen atoms in total. The van der Waals surface area contributed by atoms with Crippen LogP contribution in [0, 0.1) is 0 Å². The molecule has 8 heteroatoms. The maximum absolute atomic E-state index is 10.6. The Morgan fingerprint density at radius 1 is 1.21 bits per heavy atom. The number of aliphatic carboxylic acids is 3. The molecule has 0 radical (unpaired) electrons. The predicted molar refractivity (Wildman–Crippen MR) is 40.8 cm³/mol. The highest BCUT2D eigenvalue weighted by atomic mass is 16.4. The van der Waals surface area contributed by atoms with Crippen LogP contribution in [0.4, 0.5) is 0 Å². The summed E-state index contributed by atoms with van der Waals surface area (Å²) in [6.07, 6.45) is -0.688. The van der Waals surface area contributed by atoms with Crippen LogP contribution in [-0.2, 0) is 14.4 Å². The van der Waals surface area contributed by atoms with Crippen LogP contribution in [0.5, 0.6) is 0 Å². The van der Waals surface area contributed by atoms with Crippen molar-refractivity contribution in [1.29, 1.82) is 0 Å². The van der Waals surface area contributed by atoms with E-state index in [9.17, 15) is 14.4 Å². The fraction of sp³-hybridized carbons (Fsp3) is 0.333. The van der Waals surface area contributed by atoms with Crippen LogP contribution in [0.15, 0.2) is 5.10 Å². The van der Waals surface area contributed by atoms with Crippen LogP contribution in [0.1, 0.15) is 6.42 Å². The van der Waals surface area contributed by atoms with Gasteiger partial charge in [-0.15, -0.1) is 0 Å². The minimum absolute atomic E-state index is 0.519. The Morgan fingerprint density at radius 2 is 1.71 bits per heavy atom. The van der Waals surface area contributed by atoms with Crippen molar-refractivity contribution in [3.8, 4) is 0 Å². The highest BCUT2D eigenvalue weighted by Crippen LogP contribution is 2.18. The van der Waals surface area contributed by atoms with Crippen molar-refractivity contribution < 1.29 is 29.7 Å². The summed E-state index contributed by atoms with van der Waals surface area (Å²) in [7, 11) is 0. The van der Waals surface area contributed by atoms with Crippen molar-refractivity contribution in [2.45, 2.75) is 12.0 Å². The molecule has 0 atom stereocenters. The van der Waals surface area contributed by atoms with Crippen molar-refractivity contribution in [2.75, 3.05) is 0 Å². The molecule has 1 aliphatic heterocycles. The predicted octanol–water partition coefficient (Wildman–Crippen LogP) is -1.67. The summed E-state index contributed by atoms with van der Waals surface area (Å²) in [6, 6.07) is 0. The van der Waals surface area contributed by atoms with E-state index in [-0.39, 0.29) is 0 Å². The molecular formula is C6H6N2O6. The summed E-state index contributed by atoms with van der Waals surface area (Å²) in [5.41, 5.74) is -1.06. The fourth-order valence-corrected chi connectivity index (χ4v) is 0.955. The zero-order valence-electron chi connectivity index (χ0n) is 6.72. The number of carboxylic acids is 3. The van der Waals surface area contributed by atoms with Crippen LogP contribution >= 0.6 is 0 Å². The number of carbonyl (C=O) groups is 3. The molecule has 1 heterocycles. The number of carboxylic acid groups (broad SMARTS) is 3. The number of rotatable bonds is 3. The Balaban J connectivity index is 2.96. The van der Waals surface area contributed by atoms with E-state index in [0.717, 1.165) is 0 Å². The molecule has 76 valence electrons. The first-order valence-electron chi connectivity index (χ1n) is 3.44. The number of nitrogens with one attached hydrogen (secondary N) is 1. The fourth-order valence-electron chi connectivity index (χ4n) is 0.955. The lowest BCUT2D eigenvalue weighted by atomic mass is 9.95. The van der Waals surface area contributed by atoms with E-state index in [1.807, 2.05) is 5.43 Å². The molecule has 0 aromatic carbocycles. The maximum atomic E-state index is 10.6. The minimum Gasteiger partial charge on any atom is -0.479 e. The van der Waals surface area contributed by atoms with Crippen LogP contribution in [0.25, 0.3) is 0 Å². The van der Waals surface area contributed by atoms with Gasteiger partial charge in [-0.1, -0.05) is 0 Å². The molecule has 0 fully saturated rings. The Hall–Kier alpha value is -2.12. The third-order valence-electron chi connectivity index (χ3n) is 1.79. The SMILES string of the molecule is O=C(O)C1=NNC(C(=O)O)(C(=O)O)C1. The first-order valence-corrected chi connectivity index (χ1v) is 3.44. The van der Waals surface area contributed by atoms with E-state index in [1.165, 1.54) is 0 Å². The molecule has 0 amide bonds. The van der Waals surface area contributed by atoms with E-state index < -0.39 is 35.6 Å². The first kappa shape index (κ1) is 9.96. The van der Waals surface area contributed by atoms with Gasteiger partial charge in [-0.3, -0.25) is 5.43 Å². The number of hydrogen-bond donors (Lipinski definition) is 4. The van der Waals surface area contributed by atoms with Gasteiger partial charge in [0.15, 0.2) is 0 Å². The Labute approximate surface area is 76.8 Å². The summed E-state index contributed by atoms with van der Waals surface area (Å²) in [4.78, 5) is 31.6. The second kappa shape index (κ2) is 2.98. The highest BCUT2D eigenvalue weighted by Gasteiger charge is 2.52. The van der Waals surface area contributed by atoms with Crippen molar-refractivity contribution in [3.63, 3.8) is 0 Å². The maximum Gasteiger partial charge on any atom is 0.352 e. The molecule has 0 spiro atoms. The highest BCUT2D eigenvalue weighted by molar-refractivity contribution is 6.38. The van der Waals surface area contributed by atoms with Gasteiger partial charge in [-0.25, -0.2) is 14.4 Å². The van der Waals surface area contributed by atoms with Crippen molar-refractivity contribution in [2.24, 2.45) is 5.10 Å². The van der Waals surface area contributed by atoms with Crippen molar-refractivity contribution in [1.82, 2.24) is 5.43 Å². The molecule has 0 aliphatic carbocycles. The van der Waals surface area contributed by atoms with Gasteiger partial charge in [0, 0.05) is 6.42 Å². The topological polar surface area (TPSA) is 136 Å². The number of hydrazone groups is 1. The van der Waals surface area contributed by atoms with Gasteiger partial charge in [-0.2, -0.15) is 5.10 Å². The van der Waals surface area contributed by atoms with Gasteiger partial charge in [0.25, 0.3) is 5.54 Å². The quantitative estimate of drug-likeness (QED) is 0.401. The van der Waals surface area contributed by atoms with Crippen LogP contribution in [0.2, 0.25) is 0 Å². The molecule has 0 saturated carbocycles. The molecule has 0 aromatic rings. The van der Waals surface area contributed by atoms with E-state index in [4.69, 9.17) is 15.3 Å². The van der Waals surface area contributed by atoms with Crippen LogP contribution in [0.3, 0.4) is 0 Å². The van der Waals surface area contributed by atoms with Gasteiger partial charge >= 0.3 is 17.9 Å². The minimum atomic E-state index is -2.35. The average Bonchev–Trinajstić information content (AvgIpc) is 2.48. The molecule has 0 unspecified atom stereocenters. The third-order valence-corrected chi connectivity index (χ3v) is 1.79. The molecular weight excluding hydrogens is 196 g/mol. The lowest BCUT2D eigenvalue weighted by molar-refractivity contribution is -0.158. The first-order chi connectivity index (χ1) is 6.40. The largest absolute Gasteiger partial charge is 0.479 e. The second-order valence-electron chi connectivity index (χ2n) is 2.67. The summed E-state index contributed by atoms with van der Waals surface area (Å²) in [5.74, 6) is -4.79. The molecule has 0 bridgehead atoms. The van der Waals surface area contributed by atoms with Gasteiger partial charge in [0.05, 0.1) is 0 Å². The van der Waals surface area contributed by atoms with Gasteiger partial charge in [-0.05, 0) is 0 Å². The normalized spacial score (nSPS) is 18.1.